The summed E-state index contributed by atoms with van der Waals surface area (Å²) < 4.78 is 3.72. The second-order valence-corrected chi connectivity index (χ2v) is 4.88. The van der Waals surface area contributed by atoms with Crippen LogP contribution in [0.25, 0.3) is 0 Å². The third-order valence-corrected chi connectivity index (χ3v) is 3.50. The number of hydrogen-bond donors (Lipinski definition) is 1. The van der Waals surface area contributed by atoms with Gasteiger partial charge >= 0.3 is 0 Å². The lowest BCUT2D eigenvalue weighted by atomic mass is 10.0. The molecule has 0 bridgehead atoms. The zero-order chi connectivity index (χ0) is 14.0. The normalized spacial score (nSPS) is 12.9. The van der Waals surface area contributed by atoms with Crippen molar-refractivity contribution in [1.29, 1.82) is 0 Å². The molecular formula is C13H22N6. The van der Waals surface area contributed by atoms with Gasteiger partial charge in [-0.3, -0.25) is 9.36 Å². The van der Waals surface area contributed by atoms with Crippen molar-refractivity contribution >= 4 is 0 Å². The first-order valence-electron chi connectivity index (χ1n) is 6.63. The van der Waals surface area contributed by atoms with Crippen molar-refractivity contribution < 1.29 is 0 Å². The third-order valence-electron chi connectivity index (χ3n) is 3.50. The Kier molecular flexibility index (Phi) is 3.99. The van der Waals surface area contributed by atoms with Crippen LogP contribution < -0.4 is 5.32 Å². The fourth-order valence-corrected chi connectivity index (χ4v) is 2.54. The molecule has 0 saturated carbocycles. The molecule has 19 heavy (non-hydrogen) atoms. The summed E-state index contributed by atoms with van der Waals surface area (Å²) in [6, 6.07) is 0.357. The first-order chi connectivity index (χ1) is 9.06. The monoisotopic (exact) mass is 262 g/mol. The SMILES string of the molecule is CCC(NC)c1c(C)nn(Cc2cn(C)nn2)c1C. The highest BCUT2D eigenvalue weighted by Crippen LogP contribution is 2.24. The first-order valence-corrected chi connectivity index (χ1v) is 6.63. The number of aryl methyl sites for hydroxylation is 2. The van der Waals surface area contributed by atoms with Crippen LogP contribution >= 0.6 is 0 Å². The smallest absolute Gasteiger partial charge is 0.104 e. The summed E-state index contributed by atoms with van der Waals surface area (Å²) in [6.45, 7) is 7.03. The summed E-state index contributed by atoms with van der Waals surface area (Å²) in [4.78, 5) is 0. The predicted molar refractivity (Wildman–Crippen MR) is 73.9 cm³/mol. The van der Waals surface area contributed by atoms with Gasteiger partial charge in [0, 0.05) is 30.5 Å². The summed E-state index contributed by atoms with van der Waals surface area (Å²) >= 11 is 0. The lowest BCUT2D eigenvalue weighted by Crippen LogP contribution is -2.17. The molecule has 0 aliphatic heterocycles. The molecule has 1 atom stereocenters. The minimum atomic E-state index is 0.357. The van der Waals surface area contributed by atoms with Gasteiger partial charge < -0.3 is 5.32 Å². The van der Waals surface area contributed by atoms with Crippen molar-refractivity contribution in [1.82, 2.24) is 30.1 Å². The highest BCUT2D eigenvalue weighted by atomic mass is 15.4. The molecule has 104 valence electrons. The standard InChI is InChI=1S/C13H22N6/c1-6-12(14-4)13-9(2)16-19(10(13)3)8-11-7-18(5)17-15-11/h7,12,14H,6,8H2,1-5H3. The average Bonchev–Trinajstić information content (AvgIpc) is 2.89. The predicted octanol–water partition coefficient (Wildman–Crippen LogP) is 1.35. The molecule has 0 saturated heterocycles. The molecule has 2 heterocycles. The summed E-state index contributed by atoms with van der Waals surface area (Å²) in [5, 5.41) is 16.0. The highest BCUT2D eigenvalue weighted by Gasteiger charge is 2.18. The van der Waals surface area contributed by atoms with Crippen molar-refractivity contribution in [3.05, 3.63) is 28.8 Å². The van der Waals surface area contributed by atoms with E-state index in [1.807, 2.05) is 25.0 Å². The summed E-state index contributed by atoms with van der Waals surface area (Å²) in [5.74, 6) is 0. The van der Waals surface area contributed by atoms with E-state index in [9.17, 15) is 0 Å². The minimum Gasteiger partial charge on any atom is -0.313 e. The lowest BCUT2D eigenvalue weighted by Gasteiger charge is -2.14. The molecule has 0 aromatic carbocycles. The summed E-state index contributed by atoms with van der Waals surface area (Å²) in [5.41, 5.74) is 4.51. The van der Waals surface area contributed by atoms with Crippen LogP contribution in [0.3, 0.4) is 0 Å². The molecule has 0 radical (unpaired) electrons. The molecule has 1 unspecified atom stereocenters. The van der Waals surface area contributed by atoms with Crippen LogP contribution in [0.5, 0.6) is 0 Å². The molecule has 0 fully saturated rings. The Morgan fingerprint density at radius 2 is 2.11 bits per heavy atom. The van der Waals surface area contributed by atoms with E-state index in [4.69, 9.17) is 0 Å². The van der Waals surface area contributed by atoms with E-state index in [1.54, 1.807) is 4.68 Å². The van der Waals surface area contributed by atoms with E-state index in [0.29, 0.717) is 12.6 Å². The van der Waals surface area contributed by atoms with Gasteiger partial charge in [-0.2, -0.15) is 5.10 Å². The van der Waals surface area contributed by atoms with Crippen LogP contribution in [0.2, 0.25) is 0 Å². The Balaban J connectivity index is 2.30. The van der Waals surface area contributed by atoms with Gasteiger partial charge in [0.25, 0.3) is 0 Å². The van der Waals surface area contributed by atoms with Gasteiger partial charge in [0.15, 0.2) is 0 Å². The Hall–Kier alpha value is -1.69. The number of rotatable bonds is 5. The Bertz CT molecular complexity index is 549. The van der Waals surface area contributed by atoms with Gasteiger partial charge in [-0.1, -0.05) is 12.1 Å². The maximum atomic E-state index is 4.63. The van der Waals surface area contributed by atoms with Crippen molar-refractivity contribution in [2.45, 2.75) is 39.8 Å². The zero-order valence-corrected chi connectivity index (χ0v) is 12.3. The molecule has 2 aromatic rings. The van der Waals surface area contributed by atoms with Gasteiger partial charge in [0.2, 0.25) is 0 Å². The van der Waals surface area contributed by atoms with Crippen LogP contribution in [0.1, 0.15) is 42.0 Å². The van der Waals surface area contributed by atoms with Gasteiger partial charge in [0.05, 0.1) is 12.2 Å². The third kappa shape index (κ3) is 2.68. The van der Waals surface area contributed by atoms with Gasteiger partial charge in [-0.15, -0.1) is 5.10 Å². The fourth-order valence-electron chi connectivity index (χ4n) is 2.54. The molecule has 0 aliphatic rings. The topological polar surface area (TPSA) is 60.6 Å². The Labute approximate surface area is 113 Å². The van der Waals surface area contributed by atoms with Gasteiger partial charge in [-0.05, 0) is 27.3 Å². The minimum absolute atomic E-state index is 0.357. The van der Waals surface area contributed by atoms with Gasteiger partial charge in [0.1, 0.15) is 5.69 Å². The second kappa shape index (κ2) is 5.52. The van der Waals surface area contributed by atoms with E-state index in [2.05, 4.69) is 41.5 Å². The molecule has 6 nitrogen and oxygen atoms in total. The van der Waals surface area contributed by atoms with E-state index in [1.165, 1.54) is 11.3 Å². The van der Waals surface area contributed by atoms with Crippen molar-refractivity contribution in [2.24, 2.45) is 7.05 Å². The highest BCUT2D eigenvalue weighted by molar-refractivity contribution is 5.28. The first kappa shape index (κ1) is 13.7. The quantitative estimate of drug-likeness (QED) is 0.883. The lowest BCUT2D eigenvalue weighted by molar-refractivity contribution is 0.568. The van der Waals surface area contributed by atoms with Crippen molar-refractivity contribution in [2.75, 3.05) is 7.05 Å². The van der Waals surface area contributed by atoms with Crippen LogP contribution in [0.15, 0.2) is 6.20 Å². The van der Waals surface area contributed by atoms with E-state index >= 15 is 0 Å². The number of nitrogens with zero attached hydrogens (tertiary/aromatic N) is 5. The molecule has 6 heteroatoms. The fraction of sp³-hybridized carbons (Fsp3) is 0.615. The maximum Gasteiger partial charge on any atom is 0.104 e. The molecule has 2 rings (SSSR count). The van der Waals surface area contributed by atoms with E-state index in [-0.39, 0.29) is 0 Å². The molecule has 0 amide bonds. The van der Waals surface area contributed by atoms with E-state index < -0.39 is 0 Å². The molecule has 2 aromatic heterocycles. The van der Waals surface area contributed by atoms with Crippen LogP contribution in [-0.4, -0.2) is 31.8 Å². The second-order valence-electron chi connectivity index (χ2n) is 4.88. The molecule has 0 aliphatic carbocycles. The summed E-state index contributed by atoms with van der Waals surface area (Å²) in [6.07, 6.45) is 2.97. The zero-order valence-electron chi connectivity index (χ0n) is 12.3. The number of nitrogens with one attached hydrogen (secondary N) is 1. The van der Waals surface area contributed by atoms with Crippen LogP contribution in [0, 0.1) is 13.8 Å². The number of hydrogen-bond acceptors (Lipinski definition) is 4. The maximum absolute atomic E-state index is 4.63. The molecular weight excluding hydrogens is 240 g/mol. The van der Waals surface area contributed by atoms with Crippen LogP contribution in [0.4, 0.5) is 0 Å². The average molecular weight is 262 g/mol. The van der Waals surface area contributed by atoms with Crippen molar-refractivity contribution in [3.63, 3.8) is 0 Å². The van der Waals surface area contributed by atoms with Gasteiger partial charge in [-0.25, -0.2) is 0 Å². The Morgan fingerprint density at radius 1 is 1.37 bits per heavy atom. The molecule has 1 N–H and O–H groups in total. The summed E-state index contributed by atoms with van der Waals surface area (Å²) in [7, 11) is 3.87. The van der Waals surface area contributed by atoms with Crippen molar-refractivity contribution in [3.8, 4) is 0 Å². The van der Waals surface area contributed by atoms with Crippen LogP contribution in [-0.2, 0) is 13.6 Å². The van der Waals surface area contributed by atoms with E-state index in [0.717, 1.165) is 17.8 Å². The molecule has 0 spiro atoms. The largest absolute Gasteiger partial charge is 0.313 e. The number of aromatic nitrogens is 5. The Morgan fingerprint density at radius 3 is 2.63 bits per heavy atom.